The van der Waals surface area contributed by atoms with Gasteiger partial charge in [0.2, 0.25) is 0 Å². The Morgan fingerprint density at radius 3 is 2.69 bits per heavy atom. The number of thiophene rings is 1. The second-order valence-corrected chi connectivity index (χ2v) is 6.07. The zero-order valence-electron chi connectivity index (χ0n) is 8.51. The van der Waals surface area contributed by atoms with Gasteiger partial charge in [-0.1, -0.05) is 39.7 Å². The molecule has 0 fully saturated rings. The summed E-state index contributed by atoms with van der Waals surface area (Å²) >= 11 is 11.2. The molecule has 0 aliphatic carbocycles. The van der Waals surface area contributed by atoms with E-state index in [2.05, 4.69) is 15.9 Å². The Hall–Kier alpha value is -0.380. The number of hydrogen-bond donors (Lipinski definition) is 0. The molecule has 16 heavy (non-hydrogen) atoms. The van der Waals surface area contributed by atoms with Crippen molar-refractivity contribution < 1.29 is 4.39 Å². The lowest BCUT2D eigenvalue weighted by Gasteiger charge is -2.10. The first kappa shape index (κ1) is 12.1. The molecule has 1 atom stereocenters. The van der Waals surface area contributed by atoms with Crippen LogP contribution >= 0.6 is 38.9 Å². The van der Waals surface area contributed by atoms with E-state index < -0.39 is 0 Å². The minimum absolute atomic E-state index is 0.0469. The van der Waals surface area contributed by atoms with E-state index in [0.29, 0.717) is 0 Å². The lowest BCUT2D eigenvalue weighted by atomic mass is 10.1. The molecule has 0 N–H and O–H groups in total. The van der Waals surface area contributed by atoms with Crippen molar-refractivity contribution in [1.82, 2.24) is 0 Å². The molecule has 1 aromatic heterocycles. The maximum atomic E-state index is 13.3. The van der Waals surface area contributed by atoms with Gasteiger partial charge in [-0.15, -0.1) is 11.3 Å². The van der Waals surface area contributed by atoms with Crippen LogP contribution in [0.2, 0.25) is 5.02 Å². The lowest BCUT2D eigenvalue weighted by Crippen LogP contribution is -1.92. The smallest absolute Gasteiger partial charge is 0.142 e. The summed E-state index contributed by atoms with van der Waals surface area (Å²) in [6.45, 7) is 2.04. The first-order chi connectivity index (χ1) is 7.59. The highest BCUT2D eigenvalue weighted by atomic mass is 79.9. The molecule has 0 saturated carbocycles. The van der Waals surface area contributed by atoms with E-state index in [9.17, 15) is 4.39 Å². The lowest BCUT2D eigenvalue weighted by molar-refractivity contribution is 0.626. The van der Waals surface area contributed by atoms with E-state index in [1.807, 2.05) is 25.1 Å². The van der Waals surface area contributed by atoms with Crippen molar-refractivity contribution in [2.75, 3.05) is 0 Å². The number of benzene rings is 1. The number of hydrogen-bond acceptors (Lipinski definition) is 1. The van der Waals surface area contributed by atoms with Crippen LogP contribution in [-0.4, -0.2) is 0 Å². The van der Waals surface area contributed by atoms with Gasteiger partial charge in [0.05, 0.1) is 9.85 Å². The number of rotatable bonds is 2. The molecule has 0 saturated heterocycles. The molecule has 0 spiro atoms. The van der Waals surface area contributed by atoms with Gasteiger partial charge in [-0.2, -0.15) is 0 Å². The van der Waals surface area contributed by atoms with Gasteiger partial charge in [-0.05, 0) is 30.7 Å². The predicted octanol–water partition coefficient (Wildman–Crippen LogP) is 5.33. The third-order valence-electron chi connectivity index (χ3n) is 2.27. The van der Waals surface area contributed by atoms with Gasteiger partial charge in [0.1, 0.15) is 5.82 Å². The first-order valence-electron chi connectivity index (χ1n) is 4.74. The average Bonchev–Trinajstić information content (AvgIpc) is 2.68. The molecule has 2 aromatic rings. The minimum atomic E-state index is -0.378. The Kier molecular flexibility index (Phi) is 3.67. The van der Waals surface area contributed by atoms with Crippen LogP contribution in [0, 0.1) is 12.7 Å². The number of halogens is 3. The molecule has 1 aromatic carbocycles. The quantitative estimate of drug-likeness (QED) is 0.656. The summed E-state index contributed by atoms with van der Waals surface area (Å²) in [6, 6.07) is 8.94. The molecule has 4 heteroatoms. The molecule has 0 bridgehead atoms. The van der Waals surface area contributed by atoms with Crippen LogP contribution in [0.3, 0.4) is 0 Å². The fourth-order valence-electron chi connectivity index (χ4n) is 1.46. The molecule has 0 nitrogen and oxygen atoms in total. The molecule has 0 aliphatic rings. The van der Waals surface area contributed by atoms with E-state index in [1.54, 1.807) is 17.4 Å². The summed E-state index contributed by atoms with van der Waals surface area (Å²) in [6.07, 6.45) is 0. The highest BCUT2D eigenvalue weighted by Crippen LogP contribution is 2.38. The number of aryl methyl sites for hydroxylation is 1. The topological polar surface area (TPSA) is 0 Å². The standard InChI is InChI=1S/C12H9BrClFS/c1-7-5-6-10(16-7)11(13)8-3-2-4-9(15)12(8)14/h2-6,11H,1H3. The Balaban J connectivity index is 2.41. The first-order valence-corrected chi connectivity index (χ1v) is 6.85. The summed E-state index contributed by atoms with van der Waals surface area (Å²) in [5.41, 5.74) is 0.767. The van der Waals surface area contributed by atoms with E-state index in [-0.39, 0.29) is 15.7 Å². The molecule has 1 unspecified atom stereocenters. The summed E-state index contributed by atoms with van der Waals surface area (Å²) in [4.78, 5) is 2.31. The molecular weight excluding hydrogens is 311 g/mol. The predicted molar refractivity (Wildman–Crippen MR) is 71.2 cm³/mol. The minimum Gasteiger partial charge on any atom is -0.205 e. The maximum absolute atomic E-state index is 13.3. The summed E-state index contributed by atoms with van der Waals surface area (Å²) in [5.74, 6) is -0.378. The fraction of sp³-hybridized carbons (Fsp3) is 0.167. The van der Waals surface area contributed by atoms with Crippen molar-refractivity contribution in [3.05, 3.63) is 56.5 Å². The van der Waals surface area contributed by atoms with Crippen LogP contribution in [0.25, 0.3) is 0 Å². The van der Waals surface area contributed by atoms with Gasteiger partial charge >= 0.3 is 0 Å². The van der Waals surface area contributed by atoms with E-state index >= 15 is 0 Å². The second kappa shape index (κ2) is 4.86. The molecular formula is C12H9BrClFS. The van der Waals surface area contributed by atoms with Gasteiger partial charge in [0.15, 0.2) is 0 Å². The second-order valence-electron chi connectivity index (χ2n) is 3.45. The molecule has 84 valence electrons. The van der Waals surface area contributed by atoms with Gasteiger partial charge in [0.25, 0.3) is 0 Å². The highest BCUT2D eigenvalue weighted by molar-refractivity contribution is 9.09. The van der Waals surface area contributed by atoms with Crippen molar-refractivity contribution in [3.63, 3.8) is 0 Å². The van der Waals surface area contributed by atoms with Crippen molar-refractivity contribution in [2.24, 2.45) is 0 Å². The Labute approximate surface area is 111 Å². The van der Waals surface area contributed by atoms with Crippen molar-refractivity contribution in [1.29, 1.82) is 0 Å². The Morgan fingerprint density at radius 2 is 2.06 bits per heavy atom. The molecule has 0 aliphatic heterocycles. The van der Waals surface area contributed by atoms with Crippen LogP contribution in [0.5, 0.6) is 0 Å². The highest BCUT2D eigenvalue weighted by Gasteiger charge is 2.17. The zero-order chi connectivity index (χ0) is 11.7. The summed E-state index contributed by atoms with van der Waals surface area (Å²) in [7, 11) is 0. The van der Waals surface area contributed by atoms with Crippen LogP contribution in [0.15, 0.2) is 30.3 Å². The zero-order valence-corrected chi connectivity index (χ0v) is 11.7. The largest absolute Gasteiger partial charge is 0.205 e. The number of alkyl halides is 1. The van der Waals surface area contributed by atoms with Gasteiger partial charge in [-0.3, -0.25) is 0 Å². The third-order valence-corrected chi connectivity index (χ3v) is 5.02. The van der Waals surface area contributed by atoms with Gasteiger partial charge in [-0.25, -0.2) is 4.39 Å². The van der Waals surface area contributed by atoms with E-state index in [0.717, 1.165) is 10.4 Å². The monoisotopic (exact) mass is 318 g/mol. The van der Waals surface area contributed by atoms with Crippen molar-refractivity contribution in [2.45, 2.75) is 11.8 Å². The van der Waals surface area contributed by atoms with E-state index in [1.165, 1.54) is 10.9 Å². The van der Waals surface area contributed by atoms with Crippen LogP contribution in [0.4, 0.5) is 4.39 Å². The average molecular weight is 320 g/mol. The third kappa shape index (κ3) is 2.31. The summed E-state index contributed by atoms with van der Waals surface area (Å²) in [5, 5.41) is 0.190. The SMILES string of the molecule is Cc1ccc(C(Br)c2cccc(F)c2Cl)s1. The fourth-order valence-corrected chi connectivity index (χ4v) is 3.51. The molecule has 0 amide bonds. The van der Waals surface area contributed by atoms with Gasteiger partial charge in [0, 0.05) is 9.75 Å². The molecule has 2 rings (SSSR count). The molecule has 0 radical (unpaired) electrons. The van der Waals surface area contributed by atoms with Crippen LogP contribution < -0.4 is 0 Å². The Bertz CT molecular complexity index is 509. The van der Waals surface area contributed by atoms with E-state index in [4.69, 9.17) is 11.6 Å². The van der Waals surface area contributed by atoms with Crippen LogP contribution in [0.1, 0.15) is 20.1 Å². The van der Waals surface area contributed by atoms with Crippen LogP contribution in [-0.2, 0) is 0 Å². The Morgan fingerprint density at radius 1 is 1.31 bits per heavy atom. The van der Waals surface area contributed by atoms with Gasteiger partial charge < -0.3 is 0 Å². The molecule has 1 heterocycles. The summed E-state index contributed by atoms with van der Waals surface area (Å²) < 4.78 is 13.3. The van der Waals surface area contributed by atoms with Crippen molar-refractivity contribution >= 4 is 38.9 Å². The normalized spacial score (nSPS) is 12.8. The maximum Gasteiger partial charge on any atom is 0.142 e. The van der Waals surface area contributed by atoms with Crippen molar-refractivity contribution in [3.8, 4) is 0 Å².